The molecule has 1 aliphatic heterocycles. The Balaban J connectivity index is 0.00000312. The zero-order valence-electron chi connectivity index (χ0n) is 24.5. The summed E-state index contributed by atoms with van der Waals surface area (Å²) in [6.07, 6.45) is 9.39. The number of furan rings is 1. The van der Waals surface area contributed by atoms with E-state index in [4.69, 9.17) is 9.40 Å². The van der Waals surface area contributed by atoms with Gasteiger partial charge >= 0.3 is 0 Å². The monoisotopic (exact) mass is 777 g/mol. The first-order chi connectivity index (χ1) is 22.2. The molecule has 0 fully saturated rings. The summed E-state index contributed by atoms with van der Waals surface area (Å²) >= 11 is 0. The van der Waals surface area contributed by atoms with Crippen LogP contribution in [-0.2, 0) is 21.1 Å². The molecule has 9 rings (SSSR count). The molecule has 0 amide bonds. The molecule has 0 saturated heterocycles. The van der Waals surface area contributed by atoms with Crippen molar-refractivity contribution in [2.24, 2.45) is 0 Å². The predicted octanol–water partition coefficient (Wildman–Crippen LogP) is 8.28. The first-order valence-electron chi connectivity index (χ1n) is 14.6. The van der Waals surface area contributed by atoms with E-state index in [0.29, 0.717) is 16.7 Å². The first-order valence-corrected chi connectivity index (χ1v) is 14.6. The molecule has 0 bridgehead atoms. The van der Waals surface area contributed by atoms with Crippen molar-refractivity contribution in [3.63, 3.8) is 0 Å². The third-order valence-corrected chi connectivity index (χ3v) is 8.07. The van der Waals surface area contributed by atoms with Gasteiger partial charge in [0, 0.05) is 45.2 Å². The van der Waals surface area contributed by atoms with Crippen LogP contribution in [0.4, 0.5) is 22.7 Å². The Morgan fingerprint density at radius 3 is 2.43 bits per heavy atom. The quantitative estimate of drug-likeness (QED) is 0.163. The Bertz CT molecular complexity index is 2420. The topological polar surface area (TPSA) is 66.5 Å². The Hall–Kier alpha value is -5.46. The van der Waals surface area contributed by atoms with Crippen molar-refractivity contribution in [1.29, 1.82) is 0 Å². The molecule has 226 valence electrons. The van der Waals surface area contributed by atoms with Crippen LogP contribution in [0.1, 0.15) is 0 Å². The molecular weight excluding hydrogens is 754 g/mol. The van der Waals surface area contributed by atoms with E-state index in [2.05, 4.69) is 68.0 Å². The minimum atomic E-state index is 0. The number of aromatic nitrogens is 4. The van der Waals surface area contributed by atoms with Crippen molar-refractivity contribution >= 4 is 66.8 Å². The number of para-hydroxylation sites is 1. The zero-order chi connectivity index (χ0) is 29.9. The van der Waals surface area contributed by atoms with Crippen LogP contribution < -0.4 is 9.80 Å². The standard InChI is InChI=1S/C37H24N7O.Pt/c1-41-20-21-42(24-41)25-8-6-9-26(22-25)43(31-16-19-40-36-35-33(45-37(31)36)12-7-18-39-35)27-14-15-29-28-10-2-3-11-30(28)44(32(29)23-27)34-13-4-5-17-38-34;/h2-21,24H,1H3;/q-3;. The summed E-state index contributed by atoms with van der Waals surface area (Å²) in [6.45, 7) is 2.01. The summed E-state index contributed by atoms with van der Waals surface area (Å²) in [5.74, 6) is 0.826. The van der Waals surface area contributed by atoms with Crippen LogP contribution >= 0.6 is 0 Å². The summed E-state index contributed by atoms with van der Waals surface area (Å²) in [4.78, 5) is 20.1. The summed E-state index contributed by atoms with van der Waals surface area (Å²) in [6, 6.07) is 37.9. The maximum absolute atomic E-state index is 6.44. The fourth-order valence-corrected chi connectivity index (χ4v) is 6.09. The van der Waals surface area contributed by atoms with Crippen LogP contribution in [0.2, 0.25) is 0 Å². The number of nitrogens with zero attached hydrogens (tertiary/aromatic N) is 7. The maximum atomic E-state index is 6.44. The zero-order valence-corrected chi connectivity index (χ0v) is 26.8. The van der Waals surface area contributed by atoms with Crippen molar-refractivity contribution in [3.05, 3.63) is 141 Å². The van der Waals surface area contributed by atoms with E-state index < -0.39 is 0 Å². The van der Waals surface area contributed by atoms with Crippen molar-refractivity contribution in [1.82, 2.24) is 24.4 Å². The van der Waals surface area contributed by atoms with E-state index in [-0.39, 0.29) is 21.1 Å². The molecule has 0 unspecified atom stereocenters. The van der Waals surface area contributed by atoms with Gasteiger partial charge in [0.25, 0.3) is 0 Å². The van der Waals surface area contributed by atoms with Gasteiger partial charge in [-0.1, -0.05) is 41.2 Å². The van der Waals surface area contributed by atoms with Gasteiger partial charge in [0.05, 0.1) is 5.69 Å². The number of hydrogen-bond donors (Lipinski definition) is 0. The van der Waals surface area contributed by atoms with Gasteiger partial charge in [0.1, 0.15) is 16.9 Å². The molecule has 46 heavy (non-hydrogen) atoms. The minimum Gasteiger partial charge on any atom is -0.510 e. The second-order valence-electron chi connectivity index (χ2n) is 10.8. The summed E-state index contributed by atoms with van der Waals surface area (Å²) in [5.41, 5.74) is 8.06. The Morgan fingerprint density at radius 2 is 1.57 bits per heavy atom. The molecule has 0 saturated carbocycles. The first kappa shape index (κ1) is 28.0. The molecule has 9 heteroatoms. The fourth-order valence-electron chi connectivity index (χ4n) is 6.09. The second kappa shape index (κ2) is 11.2. The molecule has 5 aromatic heterocycles. The fraction of sp³-hybridized carbons (Fsp3) is 0.0270. The van der Waals surface area contributed by atoms with E-state index in [9.17, 15) is 0 Å². The third kappa shape index (κ3) is 4.44. The van der Waals surface area contributed by atoms with E-state index in [1.807, 2.05) is 96.7 Å². The molecule has 0 radical (unpaired) electrons. The third-order valence-electron chi connectivity index (χ3n) is 8.07. The molecule has 8 nitrogen and oxygen atoms in total. The van der Waals surface area contributed by atoms with Crippen molar-refractivity contribution < 1.29 is 25.5 Å². The van der Waals surface area contributed by atoms with Crippen LogP contribution in [0.25, 0.3) is 49.8 Å². The molecule has 6 heterocycles. The van der Waals surface area contributed by atoms with Crippen molar-refractivity contribution in [2.75, 3.05) is 16.8 Å². The van der Waals surface area contributed by atoms with Gasteiger partial charge in [0.15, 0.2) is 11.2 Å². The van der Waals surface area contributed by atoms with E-state index in [1.54, 1.807) is 12.4 Å². The van der Waals surface area contributed by atoms with E-state index in [0.717, 1.165) is 55.9 Å². The predicted molar refractivity (Wildman–Crippen MR) is 177 cm³/mol. The number of fused-ring (bicyclic) bond motifs is 6. The number of hydrogen-bond acceptors (Lipinski definition) is 7. The van der Waals surface area contributed by atoms with Gasteiger partial charge in [-0.25, -0.2) is 4.98 Å². The van der Waals surface area contributed by atoms with Crippen molar-refractivity contribution in [3.8, 4) is 5.82 Å². The van der Waals surface area contributed by atoms with Gasteiger partial charge in [-0.2, -0.15) is 18.8 Å². The van der Waals surface area contributed by atoms with Gasteiger partial charge < -0.3 is 23.7 Å². The smallest absolute Gasteiger partial charge is 0.179 e. The number of rotatable bonds is 5. The number of pyridine rings is 3. The van der Waals surface area contributed by atoms with Gasteiger partial charge in [-0.15, -0.1) is 41.4 Å². The molecule has 8 aromatic rings. The van der Waals surface area contributed by atoms with Gasteiger partial charge in [-0.05, 0) is 61.2 Å². The van der Waals surface area contributed by atoms with E-state index in [1.165, 1.54) is 0 Å². The molecule has 0 N–H and O–H groups in total. The molecule has 0 atom stereocenters. The van der Waals surface area contributed by atoms with E-state index >= 15 is 0 Å². The number of benzene rings is 3. The van der Waals surface area contributed by atoms with Crippen LogP contribution in [-0.4, -0.2) is 31.5 Å². The summed E-state index contributed by atoms with van der Waals surface area (Å²) in [5, 5.41) is 2.22. The SMILES string of the molecule is CN1C=CN(c2[c-]c(N(c3[c-]c4c(cc3)c3ccccc3n4-c3ccccn3)c3ccnc4c3oc3cccnc34)ccc2)[CH-]1.[Pt]. The van der Waals surface area contributed by atoms with Crippen LogP contribution in [0, 0.1) is 18.8 Å². The molecule has 3 aromatic carbocycles. The van der Waals surface area contributed by atoms with Gasteiger partial charge in [-0.3, -0.25) is 9.97 Å². The Labute approximate surface area is 279 Å². The maximum Gasteiger partial charge on any atom is 0.179 e. The average molecular weight is 778 g/mol. The van der Waals surface area contributed by atoms with Crippen molar-refractivity contribution in [2.45, 2.75) is 0 Å². The summed E-state index contributed by atoms with van der Waals surface area (Å²) in [7, 11) is 2.00. The number of anilines is 4. The minimum absolute atomic E-state index is 0. The molecule has 0 aliphatic carbocycles. The molecule has 0 spiro atoms. The Kier molecular flexibility index (Phi) is 6.80. The van der Waals surface area contributed by atoms with Crippen LogP contribution in [0.15, 0.2) is 126 Å². The average Bonchev–Trinajstić information content (AvgIpc) is 3.79. The molecular formula is C37H24N7OPt-3. The second-order valence-corrected chi connectivity index (χ2v) is 10.8. The van der Waals surface area contributed by atoms with Crippen LogP contribution in [0.3, 0.4) is 0 Å². The Morgan fingerprint density at radius 1 is 0.717 bits per heavy atom. The summed E-state index contributed by atoms with van der Waals surface area (Å²) < 4.78 is 8.60. The molecule has 1 aliphatic rings. The normalized spacial score (nSPS) is 12.9. The van der Waals surface area contributed by atoms with Crippen LogP contribution in [0.5, 0.6) is 0 Å². The largest absolute Gasteiger partial charge is 0.510 e. The van der Waals surface area contributed by atoms with Gasteiger partial charge in [0.2, 0.25) is 0 Å².